The summed E-state index contributed by atoms with van der Waals surface area (Å²) in [5.74, 6) is 0.217. The first-order chi connectivity index (χ1) is 10.5. The van der Waals surface area contributed by atoms with E-state index in [0.29, 0.717) is 17.2 Å². The van der Waals surface area contributed by atoms with E-state index in [1.54, 1.807) is 34.7 Å². The van der Waals surface area contributed by atoms with Crippen molar-refractivity contribution >= 4 is 11.7 Å². The third-order valence-electron chi connectivity index (χ3n) is 3.54. The number of hydrogen-bond donors (Lipinski definition) is 2. The Morgan fingerprint density at radius 3 is 2.64 bits per heavy atom. The van der Waals surface area contributed by atoms with Crippen molar-refractivity contribution in [3.8, 4) is 11.3 Å². The molecule has 0 fully saturated rings. The van der Waals surface area contributed by atoms with Gasteiger partial charge in [0.2, 0.25) is 0 Å². The quantitative estimate of drug-likeness (QED) is 0.764. The van der Waals surface area contributed by atoms with Gasteiger partial charge in [0.05, 0.1) is 11.4 Å². The molecule has 0 aliphatic rings. The van der Waals surface area contributed by atoms with Crippen LogP contribution in [0.1, 0.15) is 21.9 Å². The smallest absolute Gasteiger partial charge is 0.274 e. The van der Waals surface area contributed by atoms with Crippen molar-refractivity contribution in [1.29, 1.82) is 0 Å². The van der Waals surface area contributed by atoms with E-state index in [-0.39, 0.29) is 5.91 Å². The Kier molecular flexibility index (Phi) is 3.28. The third kappa shape index (κ3) is 2.39. The highest BCUT2D eigenvalue weighted by molar-refractivity contribution is 6.02. The molecule has 8 heteroatoms. The molecule has 3 aromatic rings. The maximum Gasteiger partial charge on any atom is 0.274 e. The highest BCUT2D eigenvalue weighted by atomic mass is 16.2. The van der Waals surface area contributed by atoms with Gasteiger partial charge in [0, 0.05) is 37.6 Å². The second-order valence-corrected chi connectivity index (χ2v) is 5.17. The van der Waals surface area contributed by atoms with Crippen LogP contribution in [0.15, 0.2) is 18.3 Å². The lowest BCUT2D eigenvalue weighted by Gasteiger charge is -1.98. The standard InChI is InChI=1S/C14H17N7O/c1-8-13(9(2)21(4)18-8)10-7-11(17-16-10)14(22)15-12-5-6-20(3)19-12/h5-7H,1-4H3,(H,16,17)(H,15,19,22). The molecule has 22 heavy (non-hydrogen) atoms. The number of aromatic amines is 1. The molecule has 0 spiro atoms. The van der Waals surface area contributed by atoms with Crippen molar-refractivity contribution in [1.82, 2.24) is 29.8 Å². The van der Waals surface area contributed by atoms with Gasteiger partial charge in [0.25, 0.3) is 5.91 Å². The molecular formula is C14H17N7O. The van der Waals surface area contributed by atoms with E-state index >= 15 is 0 Å². The molecule has 0 aromatic carbocycles. The molecule has 1 amide bonds. The summed E-state index contributed by atoms with van der Waals surface area (Å²) in [6, 6.07) is 3.44. The molecule has 0 aliphatic heterocycles. The Hall–Kier alpha value is -2.90. The predicted molar refractivity (Wildman–Crippen MR) is 81.4 cm³/mol. The van der Waals surface area contributed by atoms with E-state index in [4.69, 9.17) is 0 Å². The molecule has 8 nitrogen and oxygen atoms in total. The first-order valence-electron chi connectivity index (χ1n) is 6.82. The van der Waals surface area contributed by atoms with Crippen LogP contribution in [0.3, 0.4) is 0 Å². The maximum atomic E-state index is 12.2. The van der Waals surface area contributed by atoms with Gasteiger partial charge in [-0.3, -0.25) is 19.3 Å². The number of nitrogens with one attached hydrogen (secondary N) is 2. The van der Waals surface area contributed by atoms with Gasteiger partial charge in [0.15, 0.2) is 5.82 Å². The van der Waals surface area contributed by atoms with E-state index < -0.39 is 0 Å². The van der Waals surface area contributed by atoms with Gasteiger partial charge in [-0.25, -0.2) is 0 Å². The van der Waals surface area contributed by atoms with Crippen LogP contribution in [-0.2, 0) is 14.1 Å². The fourth-order valence-electron chi connectivity index (χ4n) is 2.38. The summed E-state index contributed by atoms with van der Waals surface area (Å²) in [4.78, 5) is 12.2. The number of rotatable bonds is 3. The number of aryl methyl sites for hydroxylation is 3. The van der Waals surface area contributed by atoms with E-state index in [2.05, 4.69) is 25.7 Å². The minimum atomic E-state index is -0.281. The highest BCUT2D eigenvalue weighted by Gasteiger charge is 2.17. The van der Waals surface area contributed by atoms with Crippen LogP contribution in [0.25, 0.3) is 11.3 Å². The maximum absolute atomic E-state index is 12.2. The molecule has 0 saturated heterocycles. The molecule has 0 aliphatic carbocycles. The zero-order valence-electron chi connectivity index (χ0n) is 12.9. The van der Waals surface area contributed by atoms with Crippen molar-refractivity contribution in [3.05, 3.63) is 35.4 Å². The minimum absolute atomic E-state index is 0.281. The first-order valence-corrected chi connectivity index (χ1v) is 6.82. The average Bonchev–Trinajstić information content (AvgIpc) is 3.13. The highest BCUT2D eigenvalue weighted by Crippen LogP contribution is 2.25. The van der Waals surface area contributed by atoms with Crippen LogP contribution in [-0.4, -0.2) is 35.7 Å². The second kappa shape index (κ2) is 5.14. The third-order valence-corrected chi connectivity index (χ3v) is 3.54. The molecular weight excluding hydrogens is 282 g/mol. The van der Waals surface area contributed by atoms with Gasteiger partial charge in [-0.2, -0.15) is 15.3 Å². The van der Waals surface area contributed by atoms with Crippen molar-refractivity contribution in [2.45, 2.75) is 13.8 Å². The molecule has 0 bridgehead atoms. The molecule has 3 aromatic heterocycles. The Bertz CT molecular complexity index is 839. The van der Waals surface area contributed by atoms with E-state index in [9.17, 15) is 4.79 Å². The van der Waals surface area contributed by atoms with Crippen LogP contribution < -0.4 is 5.32 Å². The van der Waals surface area contributed by atoms with Gasteiger partial charge in [0.1, 0.15) is 5.69 Å². The zero-order valence-corrected chi connectivity index (χ0v) is 12.9. The van der Waals surface area contributed by atoms with E-state index in [1.807, 2.05) is 20.9 Å². The fraction of sp³-hybridized carbons (Fsp3) is 0.286. The number of H-pyrrole nitrogens is 1. The van der Waals surface area contributed by atoms with Crippen LogP contribution >= 0.6 is 0 Å². The van der Waals surface area contributed by atoms with Crippen LogP contribution in [0.2, 0.25) is 0 Å². The van der Waals surface area contributed by atoms with Gasteiger partial charge in [-0.1, -0.05) is 0 Å². The summed E-state index contributed by atoms with van der Waals surface area (Å²) >= 11 is 0. The summed E-state index contributed by atoms with van der Waals surface area (Å²) in [6.07, 6.45) is 1.76. The van der Waals surface area contributed by atoms with E-state index in [1.165, 1.54) is 0 Å². The largest absolute Gasteiger partial charge is 0.304 e. The lowest BCUT2D eigenvalue weighted by Crippen LogP contribution is -2.13. The summed E-state index contributed by atoms with van der Waals surface area (Å²) < 4.78 is 3.42. The second-order valence-electron chi connectivity index (χ2n) is 5.17. The van der Waals surface area contributed by atoms with Gasteiger partial charge in [-0.15, -0.1) is 0 Å². The van der Waals surface area contributed by atoms with Gasteiger partial charge < -0.3 is 5.32 Å². The summed E-state index contributed by atoms with van der Waals surface area (Å²) in [5.41, 5.74) is 3.90. The number of hydrogen-bond acceptors (Lipinski definition) is 4. The number of nitrogens with zero attached hydrogens (tertiary/aromatic N) is 5. The molecule has 0 unspecified atom stereocenters. The molecule has 0 atom stereocenters. The number of carbonyl (C=O) groups excluding carboxylic acids is 1. The van der Waals surface area contributed by atoms with Crippen molar-refractivity contribution in [2.75, 3.05) is 5.32 Å². The van der Waals surface area contributed by atoms with Crippen molar-refractivity contribution in [2.24, 2.45) is 14.1 Å². The molecule has 3 rings (SSSR count). The SMILES string of the molecule is Cc1nn(C)c(C)c1-c1cc(C(=O)Nc2ccn(C)n2)[nH]n1. The molecule has 2 N–H and O–H groups in total. The first kappa shape index (κ1) is 14.1. The van der Waals surface area contributed by atoms with Crippen LogP contribution in [0.5, 0.6) is 0 Å². The molecule has 3 heterocycles. The normalized spacial score (nSPS) is 10.9. The lowest BCUT2D eigenvalue weighted by atomic mass is 10.1. The summed E-state index contributed by atoms with van der Waals surface area (Å²) in [5, 5.41) is 18.2. The number of amides is 1. The Morgan fingerprint density at radius 2 is 2.05 bits per heavy atom. The van der Waals surface area contributed by atoms with E-state index in [0.717, 1.165) is 17.0 Å². The number of carbonyl (C=O) groups is 1. The van der Waals surface area contributed by atoms with Crippen molar-refractivity contribution < 1.29 is 4.79 Å². The predicted octanol–water partition coefficient (Wildman–Crippen LogP) is 1.41. The average molecular weight is 299 g/mol. The zero-order chi connectivity index (χ0) is 15.9. The Balaban J connectivity index is 1.85. The summed E-state index contributed by atoms with van der Waals surface area (Å²) in [6.45, 7) is 3.89. The Labute approximate surface area is 127 Å². The Morgan fingerprint density at radius 1 is 1.27 bits per heavy atom. The van der Waals surface area contributed by atoms with Crippen LogP contribution in [0, 0.1) is 13.8 Å². The minimum Gasteiger partial charge on any atom is -0.304 e. The molecule has 0 saturated carbocycles. The monoisotopic (exact) mass is 299 g/mol. The van der Waals surface area contributed by atoms with Gasteiger partial charge in [-0.05, 0) is 19.9 Å². The van der Waals surface area contributed by atoms with Crippen molar-refractivity contribution in [3.63, 3.8) is 0 Å². The molecule has 0 radical (unpaired) electrons. The van der Waals surface area contributed by atoms with Crippen LogP contribution in [0.4, 0.5) is 5.82 Å². The molecule has 114 valence electrons. The fourth-order valence-corrected chi connectivity index (χ4v) is 2.38. The number of anilines is 1. The lowest BCUT2D eigenvalue weighted by molar-refractivity contribution is 0.102. The number of aromatic nitrogens is 6. The summed E-state index contributed by atoms with van der Waals surface area (Å²) in [7, 11) is 3.67. The topological polar surface area (TPSA) is 93.4 Å². The van der Waals surface area contributed by atoms with Gasteiger partial charge >= 0.3 is 0 Å².